The molecule has 0 aromatic heterocycles. The average molecular weight is 126 g/mol. The van der Waals surface area contributed by atoms with Crippen molar-refractivity contribution in [3.8, 4) is 0 Å². The van der Waals surface area contributed by atoms with Gasteiger partial charge >= 0.3 is 0 Å². The Morgan fingerprint density at radius 2 is 2.22 bits per heavy atom. The number of hydrogen-bond acceptors (Lipinski definition) is 0. The molecule has 0 saturated heterocycles. The van der Waals surface area contributed by atoms with Crippen molar-refractivity contribution >= 4 is 0 Å². The summed E-state index contributed by atoms with van der Waals surface area (Å²) in [6, 6.07) is -0.0310. The van der Waals surface area contributed by atoms with Crippen molar-refractivity contribution in [2.45, 2.75) is 38.6 Å². The predicted molar refractivity (Wildman–Crippen MR) is 41.2 cm³/mol. The Morgan fingerprint density at radius 1 is 1.56 bits per heavy atom. The van der Waals surface area contributed by atoms with Crippen LogP contribution in [0.15, 0.2) is 12.7 Å². The second kappa shape index (κ2) is 5.83. The van der Waals surface area contributed by atoms with E-state index in [9.17, 15) is 0 Å². The Morgan fingerprint density at radius 3 is 2.67 bits per heavy atom. The zero-order valence-corrected chi connectivity index (χ0v) is 6.19. The van der Waals surface area contributed by atoms with Crippen LogP contribution in [0.2, 0.25) is 0 Å². The first-order valence-corrected chi connectivity index (χ1v) is 3.65. The van der Waals surface area contributed by atoms with Crippen LogP contribution in [0.3, 0.4) is 0 Å². The van der Waals surface area contributed by atoms with Gasteiger partial charge in [0.2, 0.25) is 0 Å². The molecule has 0 fully saturated rings. The molecule has 0 rings (SSSR count). The summed E-state index contributed by atoms with van der Waals surface area (Å²) in [4.78, 5) is 0. The van der Waals surface area contributed by atoms with Gasteiger partial charge in [-0.2, -0.15) is 0 Å². The summed E-state index contributed by atoms with van der Waals surface area (Å²) in [5.74, 6) is 0. The third-order valence-corrected chi connectivity index (χ3v) is 1.40. The molecule has 0 saturated carbocycles. The molecule has 1 nitrogen and oxygen atoms in total. The van der Waals surface area contributed by atoms with Crippen molar-refractivity contribution in [2.24, 2.45) is 0 Å². The molecule has 0 heterocycles. The molecular weight excluding hydrogens is 110 g/mol. The molecule has 0 aromatic carbocycles. The Bertz CT molecular complexity index is 69.0. The third-order valence-electron chi connectivity index (χ3n) is 1.40. The molecule has 0 aromatic rings. The molecule has 1 heteroatoms. The quantitative estimate of drug-likeness (QED) is 0.399. The van der Waals surface area contributed by atoms with Crippen molar-refractivity contribution in [1.82, 2.24) is 5.73 Å². The van der Waals surface area contributed by atoms with Crippen LogP contribution in [-0.2, 0) is 0 Å². The number of unbranched alkanes of at least 4 members (excludes halogenated alkanes) is 2. The van der Waals surface area contributed by atoms with Crippen molar-refractivity contribution in [2.75, 3.05) is 0 Å². The highest BCUT2D eigenvalue weighted by atomic mass is 14.6. The highest BCUT2D eigenvalue weighted by Crippen LogP contribution is 2.02. The highest BCUT2D eigenvalue weighted by molar-refractivity contribution is 4.80. The lowest BCUT2D eigenvalue weighted by Gasteiger charge is -2.01. The zero-order chi connectivity index (χ0) is 7.11. The SMILES string of the molecule is C=C[C@@H]([NH])CCCCC. The van der Waals surface area contributed by atoms with Crippen LogP contribution in [-0.4, -0.2) is 6.04 Å². The molecule has 0 aliphatic carbocycles. The summed E-state index contributed by atoms with van der Waals surface area (Å²) in [6.45, 7) is 5.73. The van der Waals surface area contributed by atoms with Crippen LogP contribution in [0.1, 0.15) is 32.6 Å². The molecule has 0 unspecified atom stereocenters. The van der Waals surface area contributed by atoms with Crippen LogP contribution < -0.4 is 5.73 Å². The summed E-state index contributed by atoms with van der Waals surface area (Å²) in [5, 5.41) is 0. The molecule has 1 N–H and O–H groups in total. The van der Waals surface area contributed by atoms with E-state index in [1.807, 2.05) is 0 Å². The summed E-state index contributed by atoms with van der Waals surface area (Å²) in [7, 11) is 0. The molecule has 1 radical (unpaired) electrons. The van der Waals surface area contributed by atoms with Crippen molar-refractivity contribution in [3.63, 3.8) is 0 Å². The molecule has 0 bridgehead atoms. The molecule has 0 aliphatic rings. The van der Waals surface area contributed by atoms with Gasteiger partial charge in [0.15, 0.2) is 0 Å². The van der Waals surface area contributed by atoms with E-state index < -0.39 is 0 Å². The van der Waals surface area contributed by atoms with Gasteiger partial charge in [0, 0.05) is 6.04 Å². The van der Waals surface area contributed by atoms with E-state index in [2.05, 4.69) is 13.5 Å². The molecule has 1 atom stereocenters. The van der Waals surface area contributed by atoms with Gasteiger partial charge < -0.3 is 0 Å². The zero-order valence-electron chi connectivity index (χ0n) is 6.19. The second-order valence-electron chi connectivity index (χ2n) is 2.34. The van der Waals surface area contributed by atoms with E-state index in [1.165, 1.54) is 19.3 Å². The minimum absolute atomic E-state index is 0.0310. The lowest BCUT2D eigenvalue weighted by molar-refractivity contribution is 0.614. The van der Waals surface area contributed by atoms with Gasteiger partial charge in [-0.15, -0.1) is 6.58 Å². The van der Waals surface area contributed by atoms with Crippen LogP contribution in [0.25, 0.3) is 0 Å². The number of nitrogens with one attached hydrogen (secondary N) is 1. The Labute approximate surface area is 57.9 Å². The van der Waals surface area contributed by atoms with E-state index in [4.69, 9.17) is 5.73 Å². The van der Waals surface area contributed by atoms with Crippen LogP contribution in [0.4, 0.5) is 0 Å². The Kier molecular flexibility index (Phi) is 5.64. The van der Waals surface area contributed by atoms with Gasteiger partial charge in [0.1, 0.15) is 0 Å². The Hall–Kier alpha value is -0.300. The maximum Gasteiger partial charge on any atom is 0.0390 e. The fourth-order valence-electron chi connectivity index (χ4n) is 0.732. The van der Waals surface area contributed by atoms with Gasteiger partial charge in [-0.3, -0.25) is 5.73 Å². The number of hydrogen-bond donors (Lipinski definition) is 0. The van der Waals surface area contributed by atoms with Crippen LogP contribution in [0.5, 0.6) is 0 Å². The van der Waals surface area contributed by atoms with E-state index in [-0.39, 0.29) is 6.04 Å². The molecule has 0 spiro atoms. The van der Waals surface area contributed by atoms with Crippen LogP contribution in [0, 0.1) is 0 Å². The van der Waals surface area contributed by atoms with Crippen molar-refractivity contribution in [3.05, 3.63) is 12.7 Å². The maximum absolute atomic E-state index is 7.28. The highest BCUT2D eigenvalue weighted by Gasteiger charge is 1.94. The standard InChI is InChI=1S/C8H16N/c1-3-5-6-7-8(9)4-2/h4,8-9H,2-3,5-7H2,1H3/t8-/m1/s1. The van der Waals surface area contributed by atoms with Crippen LogP contribution >= 0.6 is 0 Å². The molecule has 53 valence electrons. The summed E-state index contributed by atoms with van der Waals surface area (Å²) in [5.41, 5.74) is 7.28. The third kappa shape index (κ3) is 5.57. The Balaban J connectivity index is 2.96. The van der Waals surface area contributed by atoms with Gasteiger partial charge in [0.05, 0.1) is 0 Å². The molecular formula is C8H16N. The van der Waals surface area contributed by atoms with E-state index in [1.54, 1.807) is 6.08 Å². The van der Waals surface area contributed by atoms with Crippen molar-refractivity contribution < 1.29 is 0 Å². The van der Waals surface area contributed by atoms with Crippen molar-refractivity contribution in [1.29, 1.82) is 0 Å². The minimum atomic E-state index is -0.0310. The summed E-state index contributed by atoms with van der Waals surface area (Å²) in [6.07, 6.45) is 6.36. The fraction of sp³-hybridized carbons (Fsp3) is 0.750. The number of rotatable bonds is 5. The normalized spacial score (nSPS) is 13.1. The fourth-order valence-corrected chi connectivity index (χ4v) is 0.732. The van der Waals surface area contributed by atoms with E-state index in [0.717, 1.165) is 6.42 Å². The first-order chi connectivity index (χ1) is 4.31. The van der Waals surface area contributed by atoms with Gasteiger partial charge in [-0.1, -0.05) is 32.3 Å². The molecule has 0 amide bonds. The molecule has 0 aliphatic heterocycles. The maximum atomic E-state index is 7.28. The summed E-state index contributed by atoms with van der Waals surface area (Å²) >= 11 is 0. The monoisotopic (exact) mass is 126 g/mol. The largest absolute Gasteiger partial charge is 0.250 e. The van der Waals surface area contributed by atoms with E-state index in [0.29, 0.717) is 0 Å². The average Bonchev–Trinajstić information content (AvgIpc) is 1.89. The topological polar surface area (TPSA) is 23.8 Å². The van der Waals surface area contributed by atoms with E-state index >= 15 is 0 Å². The lowest BCUT2D eigenvalue weighted by Crippen LogP contribution is -2.02. The van der Waals surface area contributed by atoms with Gasteiger partial charge in [-0.25, -0.2) is 0 Å². The smallest absolute Gasteiger partial charge is 0.0390 e. The molecule has 9 heavy (non-hydrogen) atoms. The predicted octanol–water partition coefficient (Wildman–Crippen LogP) is 2.40. The first-order valence-electron chi connectivity index (χ1n) is 3.65. The van der Waals surface area contributed by atoms with Gasteiger partial charge in [0.25, 0.3) is 0 Å². The van der Waals surface area contributed by atoms with Gasteiger partial charge in [-0.05, 0) is 6.42 Å². The second-order valence-corrected chi connectivity index (χ2v) is 2.34. The first kappa shape index (κ1) is 8.70. The minimum Gasteiger partial charge on any atom is -0.250 e. The summed E-state index contributed by atoms with van der Waals surface area (Å²) < 4.78 is 0. The lowest BCUT2D eigenvalue weighted by atomic mass is 10.1.